The number of pyridine rings is 5. The predicted octanol–water partition coefficient (Wildman–Crippen LogP) is 10.5. The van der Waals surface area contributed by atoms with E-state index in [-0.39, 0.29) is 78.4 Å². The van der Waals surface area contributed by atoms with Gasteiger partial charge in [0.15, 0.2) is 0 Å². The number of aromatic nitrogens is 7. The molecule has 397 valence electrons. The molecule has 7 rings (SSSR count). The van der Waals surface area contributed by atoms with Gasteiger partial charge in [0.1, 0.15) is 53.5 Å². The molecule has 0 radical (unpaired) electrons. The Kier molecular flexibility index (Phi) is 23.2. The van der Waals surface area contributed by atoms with Gasteiger partial charge >= 0.3 is 16.5 Å². The topological polar surface area (TPSA) is 373 Å². The van der Waals surface area contributed by atoms with Crippen LogP contribution in [-0.4, -0.2) is 54.6 Å². The fourth-order valence-corrected chi connectivity index (χ4v) is 5.24. The summed E-state index contributed by atoms with van der Waals surface area (Å²) in [6, 6.07) is 12.8. The Morgan fingerprint density at radius 3 is 1.35 bits per heavy atom. The number of aromatic amines is 2. The van der Waals surface area contributed by atoms with E-state index in [1.54, 1.807) is 6.20 Å². The second kappa shape index (κ2) is 27.0. The van der Waals surface area contributed by atoms with E-state index in [9.17, 15) is 40.5 Å². The van der Waals surface area contributed by atoms with Crippen molar-refractivity contribution in [3.63, 3.8) is 0 Å². The molecule has 0 aliphatic carbocycles. The van der Waals surface area contributed by atoms with Crippen molar-refractivity contribution in [2.24, 2.45) is 10.8 Å². The summed E-state index contributed by atoms with van der Waals surface area (Å²) in [6.45, 7) is 24.6. The summed E-state index contributed by atoms with van der Waals surface area (Å²) in [5.74, 6) is 9.10. The van der Waals surface area contributed by atoms with Gasteiger partial charge in [-0.15, -0.1) is 12.3 Å². The fourth-order valence-electron chi connectivity index (χ4n) is 4.91. The molecule has 74 heavy (non-hydrogen) atoms. The van der Waals surface area contributed by atoms with Gasteiger partial charge in [0.25, 0.3) is 22.7 Å². The Morgan fingerprint density at radius 1 is 0.541 bits per heavy atom. The van der Waals surface area contributed by atoms with Crippen LogP contribution >= 0.6 is 15.9 Å². The number of nitro groups is 4. The first-order valence-corrected chi connectivity index (χ1v) is 22.5. The van der Waals surface area contributed by atoms with Crippen LogP contribution in [-0.2, 0) is 27.3 Å². The van der Waals surface area contributed by atoms with Gasteiger partial charge in [-0.05, 0) is 81.7 Å². The van der Waals surface area contributed by atoms with Gasteiger partial charge in [-0.1, -0.05) is 53.4 Å². The standard InChI is InChI=1S/2C11H13N3O2.C11H15N3.C6H10.C5H4BrN3O2.C5H5N3O2.Ni.H/c1-11(2,3)9-5-7-4-8(14(15)16)6-12-10(7)13-9;1-11(2,3)5-4-8-6-9(14(15)16)7-13-10(8)12;1-11(2,3)9-5-7-4-8(12)6-13-10(7)14-9;1-5-6(2,3)4;6-4-1-3(9(10)11)2-8-5(4)7;6-5-2-1-4(3-7-5)8(9)10;;/h4-6H,1-3H3,(H,12,13);6-7H,1-3H3,(H2,12,13);4-6H,12H2,1-3H3,(H,13,14);1H,2-4H3;1-2H,(H2,7,8);1-3H,(H2,6,7);;. The van der Waals surface area contributed by atoms with Gasteiger partial charge in [0.05, 0.1) is 41.6 Å². The molecule has 0 aromatic carbocycles. The summed E-state index contributed by atoms with van der Waals surface area (Å²) in [7, 11) is 0. The molecule has 0 fully saturated rings. The van der Waals surface area contributed by atoms with Crippen LogP contribution in [0.5, 0.6) is 0 Å². The molecular weight excluding hydrogens is 1070 g/mol. The van der Waals surface area contributed by atoms with Crippen LogP contribution in [0, 0.1) is 75.5 Å². The van der Waals surface area contributed by atoms with E-state index in [2.05, 4.69) is 116 Å². The molecule has 7 aromatic rings. The van der Waals surface area contributed by atoms with Gasteiger partial charge in [0.2, 0.25) is 0 Å². The Bertz CT molecular complexity index is 3170. The quantitative estimate of drug-likeness (QED) is 0.0413. The zero-order valence-corrected chi connectivity index (χ0v) is 45.5. The molecule has 0 aliphatic heterocycles. The second-order valence-corrected chi connectivity index (χ2v) is 20.6. The molecule has 7 heterocycles. The normalized spacial score (nSPS) is 10.6. The number of fused-ring (bicyclic) bond motifs is 2. The van der Waals surface area contributed by atoms with Gasteiger partial charge in [-0.2, -0.15) is 0 Å². The minimum atomic E-state index is -0.531. The zero-order valence-electron chi connectivity index (χ0n) is 42.9. The van der Waals surface area contributed by atoms with E-state index in [0.717, 1.165) is 40.7 Å². The number of terminal acetylenes is 1. The van der Waals surface area contributed by atoms with Crippen LogP contribution in [0.2, 0.25) is 0 Å². The van der Waals surface area contributed by atoms with E-state index in [1.807, 2.05) is 53.7 Å². The van der Waals surface area contributed by atoms with Crippen molar-refractivity contribution in [2.45, 2.75) is 93.9 Å². The van der Waals surface area contributed by atoms with Crippen molar-refractivity contribution >= 4 is 83.9 Å². The van der Waals surface area contributed by atoms with Crippen LogP contribution in [0.4, 0.5) is 45.9 Å². The number of hydrogen-bond donors (Lipinski definition) is 6. The Labute approximate surface area is 446 Å². The van der Waals surface area contributed by atoms with Crippen LogP contribution in [0.25, 0.3) is 22.1 Å². The number of halogens is 1. The molecule has 23 nitrogen and oxygen atoms in total. The Morgan fingerprint density at radius 2 is 0.946 bits per heavy atom. The van der Waals surface area contributed by atoms with E-state index in [4.69, 9.17) is 29.4 Å². The van der Waals surface area contributed by atoms with Crippen molar-refractivity contribution in [1.82, 2.24) is 34.9 Å². The van der Waals surface area contributed by atoms with E-state index < -0.39 is 19.7 Å². The number of hydrogen-bond acceptors (Lipinski definition) is 17. The summed E-state index contributed by atoms with van der Waals surface area (Å²) in [5, 5.41) is 43.2. The number of nitrogens with two attached hydrogens (primary N) is 4. The number of nitrogen functional groups attached to an aromatic ring is 4. The summed E-state index contributed by atoms with van der Waals surface area (Å²) >= 11 is 3.02. The summed E-state index contributed by atoms with van der Waals surface area (Å²) in [4.78, 5) is 64.9. The second-order valence-electron chi connectivity index (χ2n) is 19.8. The third-order valence-electron chi connectivity index (χ3n) is 8.94. The van der Waals surface area contributed by atoms with Crippen LogP contribution in [0.3, 0.4) is 0 Å². The van der Waals surface area contributed by atoms with Crippen molar-refractivity contribution in [3.8, 4) is 24.2 Å². The van der Waals surface area contributed by atoms with Crippen LogP contribution in [0.1, 0.15) is 100 Å². The van der Waals surface area contributed by atoms with Gasteiger partial charge in [0, 0.05) is 68.1 Å². The third-order valence-corrected chi connectivity index (χ3v) is 9.58. The molecule has 0 unspecified atom stereocenters. The summed E-state index contributed by atoms with van der Waals surface area (Å²) < 4.78 is 0.437. The first-order valence-electron chi connectivity index (χ1n) is 21.7. The van der Waals surface area contributed by atoms with E-state index in [1.165, 1.54) is 42.2 Å². The predicted molar refractivity (Wildman–Crippen MR) is 290 cm³/mol. The van der Waals surface area contributed by atoms with Crippen molar-refractivity contribution in [1.29, 1.82) is 0 Å². The number of anilines is 4. The number of rotatable bonds is 4. The maximum absolute atomic E-state index is 10.6. The van der Waals surface area contributed by atoms with Crippen molar-refractivity contribution in [3.05, 3.63) is 141 Å². The summed E-state index contributed by atoms with van der Waals surface area (Å²) in [6.07, 6.45) is 11.4. The molecular formula is C49H61BrN15NiO8. The molecule has 0 saturated carbocycles. The van der Waals surface area contributed by atoms with Crippen molar-refractivity contribution < 1.29 is 36.2 Å². The van der Waals surface area contributed by atoms with Gasteiger partial charge in [-0.25, -0.2) is 24.9 Å². The fraction of sp³-hybridized carbons (Fsp3) is 0.327. The number of H-pyrrole nitrogens is 2. The average Bonchev–Trinajstić information content (AvgIpc) is 3.93. The molecule has 0 spiro atoms. The SMILES string of the molecule is C#CC(C)(C)C.CC(C)(C)C#Cc1cc([N+](=O)[O-])cnc1N.CC(C)(C)c1cc2cc(N)cnc2[nH]1.CC(C)(C)c1cc2cc([N+](=O)[O-])cnc2[nH]1.Nc1ccc([N+](=O)[O-])cn1.Nc1ncc([N+](=O)[O-])cc1Br.[NiH]. The molecule has 0 aliphatic rings. The molecule has 0 amide bonds. The van der Waals surface area contributed by atoms with Gasteiger partial charge < -0.3 is 32.9 Å². The molecule has 0 bridgehead atoms. The first-order chi connectivity index (χ1) is 33.5. The first kappa shape index (κ1) is 63.7. The van der Waals surface area contributed by atoms with Crippen LogP contribution < -0.4 is 22.9 Å². The van der Waals surface area contributed by atoms with Gasteiger partial charge in [-0.3, -0.25) is 40.5 Å². The third kappa shape index (κ3) is 22.0. The Hall–Kier alpha value is -8.28. The number of nitrogens with zero attached hydrogens (tertiary/aromatic N) is 9. The zero-order chi connectivity index (χ0) is 55.8. The number of nitrogens with one attached hydrogen (secondary N) is 2. The Balaban J connectivity index is 0.000000453. The minimum absolute atomic E-state index is 0. The molecule has 0 saturated heterocycles. The monoisotopic (exact) mass is 1120 g/mol. The summed E-state index contributed by atoms with van der Waals surface area (Å²) in [5.41, 5.74) is 26.4. The molecule has 25 heteroatoms. The molecule has 7 aromatic heterocycles. The van der Waals surface area contributed by atoms with Crippen LogP contribution in [0.15, 0.2) is 84.0 Å². The molecule has 10 N–H and O–H groups in total. The van der Waals surface area contributed by atoms with E-state index in [0.29, 0.717) is 21.4 Å². The average molecular weight is 1130 g/mol. The van der Waals surface area contributed by atoms with Crippen molar-refractivity contribution in [2.75, 3.05) is 22.9 Å². The molecule has 0 atom stereocenters. The maximum atomic E-state index is 10.6. The van der Waals surface area contributed by atoms with E-state index >= 15 is 0 Å².